The number of amides is 2. The first-order chi connectivity index (χ1) is 11.5. The van der Waals surface area contributed by atoms with Crippen molar-refractivity contribution in [3.8, 4) is 5.75 Å². The summed E-state index contributed by atoms with van der Waals surface area (Å²) in [5, 5.41) is 0. The summed E-state index contributed by atoms with van der Waals surface area (Å²) in [5.74, 6) is 0.674. The number of nitrogens with zero attached hydrogens (tertiary/aromatic N) is 2. The molecule has 0 spiro atoms. The van der Waals surface area contributed by atoms with Crippen LogP contribution in [-0.2, 0) is 9.53 Å². The van der Waals surface area contributed by atoms with Crippen LogP contribution in [-0.4, -0.2) is 60.7 Å². The second kappa shape index (κ2) is 8.57. The first-order valence-corrected chi connectivity index (χ1v) is 8.49. The molecule has 1 atom stereocenters. The van der Waals surface area contributed by atoms with Crippen molar-refractivity contribution in [2.45, 2.75) is 33.3 Å². The monoisotopic (exact) mass is 334 g/mol. The Labute approximate surface area is 143 Å². The van der Waals surface area contributed by atoms with Gasteiger partial charge in [-0.15, -0.1) is 0 Å². The summed E-state index contributed by atoms with van der Waals surface area (Å²) < 4.78 is 10.8. The molecule has 1 aliphatic heterocycles. The van der Waals surface area contributed by atoms with Gasteiger partial charge >= 0.3 is 6.09 Å². The van der Waals surface area contributed by atoms with Gasteiger partial charge in [-0.25, -0.2) is 4.79 Å². The molecule has 0 bridgehead atoms. The van der Waals surface area contributed by atoms with E-state index in [9.17, 15) is 9.59 Å². The second-order valence-corrected chi connectivity index (χ2v) is 5.84. The van der Waals surface area contributed by atoms with Gasteiger partial charge in [0.1, 0.15) is 5.75 Å². The third kappa shape index (κ3) is 4.63. The summed E-state index contributed by atoms with van der Waals surface area (Å²) in [6, 6.07) is 7.68. The molecule has 0 radical (unpaired) electrons. The third-order valence-corrected chi connectivity index (χ3v) is 4.06. The number of carbonyl (C=O) groups excluding carboxylic acids is 2. The topological polar surface area (TPSA) is 59.1 Å². The van der Waals surface area contributed by atoms with Crippen molar-refractivity contribution >= 4 is 12.0 Å². The van der Waals surface area contributed by atoms with E-state index in [4.69, 9.17) is 9.47 Å². The molecule has 1 fully saturated rings. The number of carbonyl (C=O) groups is 2. The largest absolute Gasteiger partial charge is 0.481 e. The summed E-state index contributed by atoms with van der Waals surface area (Å²) in [7, 11) is 0. The average molecular weight is 334 g/mol. The molecule has 0 unspecified atom stereocenters. The molecule has 1 heterocycles. The van der Waals surface area contributed by atoms with Crippen molar-refractivity contribution in [1.82, 2.24) is 9.80 Å². The quantitative estimate of drug-likeness (QED) is 0.830. The summed E-state index contributed by atoms with van der Waals surface area (Å²) in [5.41, 5.74) is 1.15. The van der Waals surface area contributed by atoms with Gasteiger partial charge in [0.05, 0.1) is 6.61 Å². The van der Waals surface area contributed by atoms with Crippen LogP contribution >= 0.6 is 0 Å². The van der Waals surface area contributed by atoms with Gasteiger partial charge in [0.2, 0.25) is 0 Å². The lowest BCUT2D eigenvalue weighted by atomic mass is 10.2. The Morgan fingerprint density at radius 1 is 1.04 bits per heavy atom. The normalized spacial score (nSPS) is 15.8. The molecular formula is C18H26N2O4. The molecule has 0 aliphatic carbocycles. The van der Waals surface area contributed by atoms with Crippen LogP contribution in [0.3, 0.4) is 0 Å². The second-order valence-electron chi connectivity index (χ2n) is 5.84. The Balaban J connectivity index is 1.90. The fourth-order valence-corrected chi connectivity index (χ4v) is 2.62. The van der Waals surface area contributed by atoms with Gasteiger partial charge < -0.3 is 19.3 Å². The Bertz CT molecular complexity index is 551. The lowest BCUT2D eigenvalue weighted by Crippen LogP contribution is -2.53. The van der Waals surface area contributed by atoms with Gasteiger partial charge in [-0.2, -0.15) is 0 Å². The average Bonchev–Trinajstić information content (AvgIpc) is 2.61. The first-order valence-electron chi connectivity index (χ1n) is 8.49. The van der Waals surface area contributed by atoms with E-state index in [0.29, 0.717) is 45.0 Å². The van der Waals surface area contributed by atoms with Crippen LogP contribution in [0.15, 0.2) is 24.3 Å². The van der Waals surface area contributed by atoms with Crippen LogP contribution < -0.4 is 4.74 Å². The van der Waals surface area contributed by atoms with Crippen LogP contribution in [0.2, 0.25) is 0 Å². The molecule has 2 rings (SSSR count). The number of aryl methyl sites for hydroxylation is 1. The smallest absolute Gasteiger partial charge is 0.409 e. The van der Waals surface area contributed by atoms with Crippen molar-refractivity contribution in [2.24, 2.45) is 0 Å². The van der Waals surface area contributed by atoms with Gasteiger partial charge in [0.15, 0.2) is 6.10 Å². The highest BCUT2D eigenvalue weighted by Crippen LogP contribution is 2.16. The summed E-state index contributed by atoms with van der Waals surface area (Å²) >= 11 is 0. The van der Waals surface area contributed by atoms with Gasteiger partial charge in [-0.3, -0.25) is 4.79 Å². The van der Waals surface area contributed by atoms with E-state index in [1.807, 2.05) is 38.1 Å². The summed E-state index contributed by atoms with van der Waals surface area (Å²) in [6.45, 7) is 8.08. The first kappa shape index (κ1) is 18.1. The van der Waals surface area contributed by atoms with Crippen molar-refractivity contribution < 1.29 is 19.1 Å². The highest BCUT2D eigenvalue weighted by Gasteiger charge is 2.29. The molecule has 0 N–H and O–H groups in total. The molecule has 6 heteroatoms. The number of rotatable bonds is 5. The number of hydrogen-bond donors (Lipinski definition) is 0. The SMILES string of the molecule is CCOC(=O)N1CCN(C(=O)[C@@H](CC)Oc2ccc(C)cc2)CC1. The highest BCUT2D eigenvalue weighted by molar-refractivity contribution is 5.81. The third-order valence-electron chi connectivity index (χ3n) is 4.06. The van der Waals surface area contributed by atoms with Crippen molar-refractivity contribution in [3.05, 3.63) is 29.8 Å². The Morgan fingerprint density at radius 2 is 1.62 bits per heavy atom. The van der Waals surface area contributed by atoms with E-state index in [1.165, 1.54) is 0 Å². The van der Waals surface area contributed by atoms with Crippen LogP contribution in [0.4, 0.5) is 4.79 Å². The zero-order valence-corrected chi connectivity index (χ0v) is 14.7. The predicted octanol–water partition coefficient (Wildman–Crippen LogP) is 2.45. The van der Waals surface area contributed by atoms with Crippen molar-refractivity contribution in [3.63, 3.8) is 0 Å². The van der Waals surface area contributed by atoms with E-state index in [1.54, 1.807) is 16.7 Å². The number of hydrogen-bond acceptors (Lipinski definition) is 4. The van der Waals surface area contributed by atoms with Crippen LogP contribution in [0.5, 0.6) is 5.75 Å². The van der Waals surface area contributed by atoms with E-state index in [0.717, 1.165) is 5.56 Å². The standard InChI is InChI=1S/C18H26N2O4/c1-4-16(24-15-8-6-14(3)7-9-15)17(21)19-10-12-20(13-11-19)18(22)23-5-2/h6-9,16H,4-5,10-13H2,1-3H3/t16-/m1/s1. The minimum absolute atomic E-state index is 0.0263. The van der Waals surface area contributed by atoms with Crippen LogP contribution in [0, 0.1) is 6.92 Å². The van der Waals surface area contributed by atoms with Gasteiger partial charge in [0, 0.05) is 26.2 Å². The molecule has 0 aromatic heterocycles. The lowest BCUT2D eigenvalue weighted by molar-refractivity contribution is -0.140. The van der Waals surface area contributed by atoms with Gasteiger partial charge in [0.25, 0.3) is 5.91 Å². The Morgan fingerprint density at radius 3 is 2.17 bits per heavy atom. The minimum atomic E-state index is -0.498. The molecular weight excluding hydrogens is 308 g/mol. The van der Waals surface area contributed by atoms with Crippen molar-refractivity contribution in [2.75, 3.05) is 32.8 Å². The highest BCUT2D eigenvalue weighted by atomic mass is 16.6. The Kier molecular flexibility index (Phi) is 6.46. The molecule has 132 valence electrons. The van der Waals surface area contributed by atoms with Gasteiger partial charge in [-0.05, 0) is 32.4 Å². The number of benzene rings is 1. The van der Waals surface area contributed by atoms with E-state index < -0.39 is 6.10 Å². The van der Waals surface area contributed by atoms with Crippen molar-refractivity contribution in [1.29, 1.82) is 0 Å². The summed E-state index contributed by atoms with van der Waals surface area (Å²) in [6.07, 6.45) is -0.209. The van der Waals surface area contributed by atoms with Gasteiger partial charge in [-0.1, -0.05) is 24.6 Å². The molecule has 1 saturated heterocycles. The lowest BCUT2D eigenvalue weighted by Gasteiger charge is -2.35. The fraction of sp³-hybridized carbons (Fsp3) is 0.556. The molecule has 0 saturated carbocycles. The molecule has 6 nitrogen and oxygen atoms in total. The molecule has 1 aliphatic rings. The zero-order valence-electron chi connectivity index (χ0n) is 14.7. The maximum atomic E-state index is 12.7. The maximum absolute atomic E-state index is 12.7. The van der Waals surface area contributed by atoms with E-state index >= 15 is 0 Å². The minimum Gasteiger partial charge on any atom is -0.481 e. The zero-order chi connectivity index (χ0) is 17.5. The summed E-state index contributed by atoms with van der Waals surface area (Å²) in [4.78, 5) is 27.8. The molecule has 24 heavy (non-hydrogen) atoms. The fourth-order valence-electron chi connectivity index (χ4n) is 2.62. The van der Waals surface area contributed by atoms with E-state index in [2.05, 4.69) is 0 Å². The molecule has 1 aromatic rings. The number of ether oxygens (including phenoxy) is 2. The molecule has 2 amide bonds. The number of piperazine rings is 1. The Hall–Kier alpha value is -2.24. The molecule has 1 aromatic carbocycles. The van der Waals surface area contributed by atoms with Crippen LogP contribution in [0.1, 0.15) is 25.8 Å². The van der Waals surface area contributed by atoms with E-state index in [-0.39, 0.29) is 12.0 Å². The maximum Gasteiger partial charge on any atom is 0.409 e. The predicted molar refractivity (Wildman–Crippen MR) is 91.1 cm³/mol. The van der Waals surface area contributed by atoms with Crippen LogP contribution in [0.25, 0.3) is 0 Å².